The lowest BCUT2D eigenvalue weighted by Crippen LogP contribution is -2.13. The molecule has 2 aromatic heterocycles. The first-order chi connectivity index (χ1) is 10.3. The first kappa shape index (κ1) is 13.7. The van der Waals surface area contributed by atoms with E-state index in [1.807, 2.05) is 36.5 Å². The summed E-state index contributed by atoms with van der Waals surface area (Å²) in [6.45, 7) is 1.21. The highest BCUT2D eigenvalue weighted by Gasteiger charge is 2.11. The Morgan fingerprint density at radius 3 is 2.81 bits per heavy atom. The molecule has 0 radical (unpaired) electrons. The molecule has 0 saturated carbocycles. The fourth-order valence-corrected chi connectivity index (χ4v) is 2.11. The van der Waals surface area contributed by atoms with E-state index in [1.54, 1.807) is 12.3 Å². The summed E-state index contributed by atoms with van der Waals surface area (Å²) in [7, 11) is 0. The minimum Gasteiger partial charge on any atom is -0.334 e. The van der Waals surface area contributed by atoms with Gasteiger partial charge >= 0.3 is 0 Å². The molecular formula is C15H13ClN4O. The minimum atomic E-state index is 0.429. The van der Waals surface area contributed by atoms with Gasteiger partial charge in [0.25, 0.3) is 5.89 Å². The normalized spacial score (nSPS) is 10.7. The van der Waals surface area contributed by atoms with Crippen LogP contribution in [0.1, 0.15) is 11.4 Å². The van der Waals surface area contributed by atoms with Crippen molar-refractivity contribution in [3.8, 4) is 11.5 Å². The van der Waals surface area contributed by atoms with Crippen molar-refractivity contribution < 1.29 is 4.52 Å². The standard InChI is InChI=1S/C15H13ClN4O/c16-13-6-2-1-5-12(13)15-19-14(20-21-15)10-18-9-11-4-3-7-17-8-11/h1-8,18H,9-10H2. The van der Waals surface area contributed by atoms with Crippen molar-refractivity contribution >= 4 is 11.6 Å². The number of hydrogen-bond acceptors (Lipinski definition) is 5. The number of rotatable bonds is 5. The van der Waals surface area contributed by atoms with Gasteiger partial charge < -0.3 is 9.84 Å². The second-order valence-corrected chi connectivity index (χ2v) is 4.87. The zero-order valence-corrected chi connectivity index (χ0v) is 11.9. The van der Waals surface area contributed by atoms with Crippen LogP contribution in [0.5, 0.6) is 0 Å². The van der Waals surface area contributed by atoms with Crippen molar-refractivity contribution in [1.29, 1.82) is 0 Å². The summed E-state index contributed by atoms with van der Waals surface area (Å²) in [5, 5.41) is 7.77. The Morgan fingerprint density at radius 1 is 1.10 bits per heavy atom. The smallest absolute Gasteiger partial charge is 0.259 e. The minimum absolute atomic E-state index is 0.429. The molecular weight excluding hydrogens is 288 g/mol. The van der Waals surface area contributed by atoms with Crippen molar-refractivity contribution in [3.63, 3.8) is 0 Å². The summed E-state index contributed by atoms with van der Waals surface area (Å²) in [5.41, 5.74) is 1.84. The van der Waals surface area contributed by atoms with E-state index < -0.39 is 0 Å². The van der Waals surface area contributed by atoms with Gasteiger partial charge in [0.15, 0.2) is 5.82 Å². The van der Waals surface area contributed by atoms with E-state index in [0.29, 0.717) is 29.8 Å². The zero-order valence-electron chi connectivity index (χ0n) is 11.2. The van der Waals surface area contributed by atoms with Gasteiger partial charge in [-0.05, 0) is 23.8 Å². The van der Waals surface area contributed by atoms with E-state index in [2.05, 4.69) is 20.4 Å². The predicted molar refractivity (Wildman–Crippen MR) is 79.5 cm³/mol. The molecule has 0 atom stereocenters. The molecule has 0 aliphatic rings. The van der Waals surface area contributed by atoms with E-state index in [4.69, 9.17) is 16.1 Å². The highest BCUT2D eigenvalue weighted by molar-refractivity contribution is 6.33. The molecule has 2 heterocycles. The van der Waals surface area contributed by atoms with Crippen LogP contribution in [0.15, 0.2) is 53.3 Å². The predicted octanol–water partition coefficient (Wildman–Crippen LogP) is 3.07. The molecule has 5 nitrogen and oxygen atoms in total. The first-order valence-corrected chi connectivity index (χ1v) is 6.88. The van der Waals surface area contributed by atoms with Crippen LogP contribution < -0.4 is 5.32 Å². The van der Waals surface area contributed by atoms with Crippen LogP contribution in [0.25, 0.3) is 11.5 Å². The Hall–Kier alpha value is -2.24. The Balaban J connectivity index is 1.62. The second kappa shape index (κ2) is 6.47. The summed E-state index contributed by atoms with van der Waals surface area (Å²) in [6.07, 6.45) is 3.57. The largest absolute Gasteiger partial charge is 0.334 e. The summed E-state index contributed by atoms with van der Waals surface area (Å²) >= 11 is 6.10. The van der Waals surface area contributed by atoms with Gasteiger partial charge in [-0.1, -0.05) is 35.0 Å². The third kappa shape index (κ3) is 3.45. The number of hydrogen-bond donors (Lipinski definition) is 1. The van der Waals surface area contributed by atoms with Crippen molar-refractivity contribution in [1.82, 2.24) is 20.4 Å². The van der Waals surface area contributed by atoms with Gasteiger partial charge in [0.2, 0.25) is 0 Å². The van der Waals surface area contributed by atoms with Gasteiger partial charge in [-0.2, -0.15) is 4.98 Å². The van der Waals surface area contributed by atoms with Crippen LogP contribution in [-0.4, -0.2) is 15.1 Å². The van der Waals surface area contributed by atoms with Crippen LogP contribution in [0.4, 0.5) is 0 Å². The SMILES string of the molecule is Clc1ccccc1-c1nc(CNCc2cccnc2)no1. The molecule has 0 bridgehead atoms. The molecule has 0 saturated heterocycles. The summed E-state index contributed by atoms with van der Waals surface area (Å²) in [4.78, 5) is 8.39. The quantitative estimate of drug-likeness (QED) is 0.784. The highest BCUT2D eigenvalue weighted by Crippen LogP contribution is 2.25. The van der Waals surface area contributed by atoms with Gasteiger partial charge in [-0.15, -0.1) is 0 Å². The van der Waals surface area contributed by atoms with Crippen LogP contribution in [0.3, 0.4) is 0 Å². The molecule has 0 fully saturated rings. The molecule has 0 amide bonds. The zero-order chi connectivity index (χ0) is 14.5. The van der Waals surface area contributed by atoms with Crippen LogP contribution in [0, 0.1) is 0 Å². The van der Waals surface area contributed by atoms with Gasteiger partial charge in [0.1, 0.15) is 0 Å². The van der Waals surface area contributed by atoms with Crippen LogP contribution in [-0.2, 0) is 13.1 Å². The lowest BCUT2D eigenvalue weighted by atomic mass is 10.2. The Kier molecular flexibility index (Phi) is 4.23. The highest BCUT2D eigenvalue weighted by atomic mass is 35.5. The molecule has 1 aromatic carbocycles. The number of aromatic nitrogens is 3. The van der Waals surface area contributed by atoms with E-state index in [-0.39, 0.29) is 0 Å². The Bertz CT molecular complexity index is 714. The molecule has 0 aliphatic carbocycles. The molecule has 3 rings (SSSR count). The lowest BCUT2D eigenvalue weighted by Gasteiger charge is -2.00. The van der Waals surface area contributed by atoms with Crippen molar-refractivity contribution in [2.24, 2.45) is 0 Å². The van der Waals surface area contributed by atoms with Crippen molar-refractivity contribution in [2.45, 2.75) is 13.1 Å². The van der Waals surface area contributed by atoms with Crippen LogP contribution >= 0.6 is 11.6 Å². The fraction of sp³-hybridized carbons (Fsp3) is 0.133. The average molecular weight is 301 g/mol. The molecule has 106 valence electrons. The van der Waals surface area contributed by atoms with E-state index in [9.17, 15) is 0 Å². The molecule has 0 aliphatic heterocycles. The fourth-order valence-electron chi connectivity index (χ4n) is 1.89. The summed E-state index contributed by atoms with van der Waals surface area (Å²) in [6, 6.07) is 11.3. The molecule has 3 aromatic rings. The third-order valence-electron chi connectivity index (χ3n) is 2.91. The number of pyridine rings is 1. The molecule has 1 N–H and O–H groups in total. The van der Waals surface area contributed by atoms with E-state index >= 15 is 0 Å². The first-order valence-electron chi connectivity index (χ1n) is 6.50. The maximum Gasteiger partial charge on any atom is 0.259 e. The van der Waals surface area contributed by atoms with Crippen molar-refractivity contribution in [3.05, 3.63) is 65.2 Å². The number of halogens is 1. The maximum atomic E-state index is 6.10. The summed E-state index contributed by atoms with van der Waals surface area (Å²) < 4.78 is 5.24. The van der Waals surface area contributed by atoms with Crippen LogP contribution in [0.2, 0.25) is 5.02 Å². The number of nitrogens with zero attached hydrogens (tertiary/aromatic N) is 3. The summed E-state index contributed by atoms with van der Waals surface area (Å²) in [5.74, 6) is 1.02. The van der Waals surface area contributed by atoms with Gasteiger partial charge in [0.05, 0.1) is 17.1 Å². The van der Waals surface area contributed by atoms with Gasteiger partial charge in [-0.25, -0.2) is 0 Å². The van der Waals surface area contributed by atoms with E-state index in [1.165, 1.54) is 0 Å². The Morgan fingerprint density at radius 2 is 2.00 bits per heavy atom. The molecule has 6 heteroatoms. The van der Waals surface area contributed by atoms with Gasteiger partial charge in [-0.3, -0.25) is 4.98 Å². The monoisotopic (exact) mass is 300 g/mol. The van der Waals surface area contributed by atoms with Gasteiger partial charge in [0, 0.05) is 18.9 Å². The molecule has 0 spiro atoms. The number of benzene rings is 1. The number of nitrogens with one attached hydrogen (secondary N) is 1. The molecule has 0 unspecified atom stereocenters. The topological polar surface area (TPSA) is 63.8 Å². The second-order valence-electron chi connectivity index (χ2n) is 4.46. The average Bonchev–Trinajstić information content (AvgIpc) is 2.97. The maximum absolute atomic E-state index is 6.10. The Labute approximate surface area is 127 Å². The lowest BCUT2D eigenvalue weighted by molar-refractivity contribution is 0.419. The third-order valence-corrected chi connectivity index (χ3v) is 3.24. The van der Waals surface area contributed by atoms with Crippen molar-refractivity contribution in [2.75, 3.05) is 0 Å². The molecule has 21 heavy (non-hydrogen) atoms. The van der Waals surface area contributed by atoms with E-state index in [0.717, 1.165) is 11.1 Å².